The third kappa shape index (κ3) is 3.77. The number of pyridine rings is 1. The van der Waals surface area contributed by atoms with Crippen LogP contribution in [0.1, 0.15) is 11.3 Å². The molecule has 3 heterocycles. The molecular weight excluding hydrogens is 384 g/mol. The monoisotopic (exact) mass is 404 g/mol. The van der Waals surface area contributed by atoms with E-state index in [1.165, 1.54) is 23.0 Å². The number of hydrogen-bond acceptors (Lipinski definition) is 5. The number of carbonyl (C=O) groups is 1. The van der Waals surface area contributed by atoms with Crippen LogP contribution < -0.4 is 16.6 Å². The molecular formula is C21H20N6O3. The summed E-state index contributed by atoms with van der Waals surface area (Å²) >= 11 is 0. The van der Waals surface area contributed by atoms with Gasteiger partial charge in [0.15, 0.2) is 5.65 Å². The Hall–Kier alpha value is -4.01. The van der Waals surface area contributed by atoms with Gasteiger partial charge in [-0.25, -0.2) is 9.78 Å². The lowest BCUT2D eigenvalue weighted by Gasteiger charge is -2.10. The van der Waals surface area contributed by atoms with Crippen molar-refractivity contribution < 1.29 is 4.79 Å². The minimum absolute atomic E-state index is 0.308. The van der Waals surface area contributed by atoms with E-state index in [4.69, 9.17) is 0 Å². The van der Waals surface area contributed by atoms with E-state index in [1.54, 1.807) is 17.8 Å². The van der Waals surface area contributed by atoms with E-state index < -0.39 is 23.7 Å². The van der Waals surface area contributed by atoms with Crippen LogP contribution in [0.2, 0.25) is 0 Å². The first kappa shape index (κ1) is 19.3. The first-order valence-electron chi connectivity index (χ1n) is 9.36. The van der Waals surface area contributed by atoms with Gasteiger partial charge >= 0.3 is 5.69 Å². The molecule has 1 amide bonds. The number of aromatic nitrogens is 5. The number of hydrogen-bond donors (Lipinski definition) is 1. The van der Waals surface area contributed by atoms with Crippen molar-refractivity contribution >= 4 is 22.6 Å². The largest absolute Gasteiger partial charge is 0.331 e. The molecule has 1 aromatic carbocycles. The molecule has 0 aliphatic heterocycles. The molecule has 1 N–H and O–H groups in total. The van der Waals surface area contributed by atoms with Crippen molar-refractivity contribution in [1.29, 1.82) is 0 Å². The Balaban J connectivity index is 1.56. The summed E-state index contributed by atoms with van der Waals surface area (Å²) in [7, 11) is 1.79. The second-order valence-corrected chi connectivity index (χ2v) is 6.99. The molecule has 4 rings (SSSR count). The predicted octanol–water partition coefficient (Wildman–Crippen LogP) is 1.29. The lowest BCUT2D eigenvalue weighted by molar-refractivity contribution is -0.116. The van der Waals surface area contributed by atoms with Gasteiger partial charge in [-0.3, -0.25) is 23.4 Å². The van der Waals surface area contributed by atoms with Gasteiger partial charge in [0.1, 0.15) is 6.54 Å². The molecule has 0 saturated heterocycles. The summed E-state index contributed by atoms with van der Waals surface area (Å²) in [5.74, 6) is -0.491. The number of fused-ring (bicyclic) bond motifs is 1. The summed E-state index contributed by atoms with van der Waals surface area (Å²) in [6.45, 7) is 1.77. The minimum atomic E-state index is -0.543. The average Bonchev–Trinajstić information content (AvgIpc) is 3.01. The van der Waals surface area contributed by atoms with Crippen molar-refractivity contribution in [2.75, 3.05) is 5.32 Å². The maximum absolute atomic E-state index is 12.7. The summed E-state index contributed by atoms with van der Waals surface area (Å²) in [5.41, 5.74) is 1.81. The van der Waals surface area contributed by atoms with Crippen LogP contribution in [0, 0.1) is 6.92 Å². The summed E-state index contributed by atoms with van der Waals surface area (Å²) in [6.07, 6.45) is 2.96. The molecule has 0 saturated carbocycles. The number of benzene rings is 1. The number of nitrogens with one attached hydrogen (secondary N) is 1. The van der Waals surface area contributed by atoms with Crippen LogP contribution in [0.5, 0.6) is 0 Å². The molecule has 0 aliphatic rings. The van der Waals surface area contributed by atoms with E-state index in [2.05, 4.69) is 15.4 Å². The Kier molecular flexibility index (Phi) is 5.01. The van der Waals surface area contributed by atoms with E-state index in [9.17, 15) is 14.4 Å². The van der Waals surface area contributed by atoms with E-state index in [1.807, 2.05) is 37.3 Å². The standard InChI is InChI=1S/C21H20N6O3/c1-14-17-10-16(11-22-20(17)25(2)24-14)23-18(28)13-27-19(29)8-9-26(21(27)30)12-15-6-4-3-5-7-15/h3-11H,12-13H2,1-2H3,(H,23,28). The van der Waals surface area contributed by atoms with Gasteiger partial charge in [0.25, 0.3) is 5.56 Å². The molecule has 152 valence electrons. The van der Waals surface area contributed by atoms with Crippen molar-refractivity contribution in [2.24, 2.45) is 7.05 Å². The van der Waals surface area contributed by atoms with Gasteiger partial charge in [-0.05, 0) is 18.6 Å². The first-order chi connectivity index (χ1) is 14.4. The van der Waals surface area contributed by atoms with E-state index in [0.717, 1.165) is 21.2 Å². The van der Waals surface area contributed by atoms with Crippen LogP contribution in [-0.2, 0) is 24.9 Å². The third-order valence-corrected chi connectivity index (χ3v) is 4.78. The van der Waals surface area contributed by atoms with Gasteiger partial charge in [0.05, 0.1) is 24.1 Å². The van der Waals surface area contributed by atoms with Crippen LogP contribution in [0.15, 0.2) is 64.4 Å². The second-order valence-electron chi connectivity index (χ2n) is 6.99. The van der Waals surface area contributed by atoms with Gasteiger partial charge in [0, 0.05) is 24.7 Å². The second kappa shape index (κ2) is 7.78. The number of carbonyl (C=O) groups excluding carboxylic acids is 1. The van der Waals surface area contributed by atoms with Crippen molar-refractivity contribution in [3.8, 4) is 0 Å². The maximum atomic E-state index is 12.7. The lowest BCUT2D eigenvalue weighted by Crippen LogP contribution is -2.41. The van der Waals surface area contributed by atoms with Gasteiger partial charge in [-0.15, -0.1) is 0 Å². The van der Waals surface area contributed by atoms with Crippen LogP contribution in [-0.4, -0.2) is 29.8 Å². The fourth-order valence-corrected chi connectivity index (χ4v) is 3.32. The van der Waals surface area contributed by atoms with Crippen molar-refractivity contribution in [3.05, 3.63) is 87.0 Å². The van der Waals surface area contributed by atoms with E-state index in [0.29, 0.717) is 17.9 Å². The van der Waals surface area contributed by atoms with E-state index >= 15 is 0 Å². The maximum Gasteiger partial charge on any atom is 0.331 e. The SMILES string of the molecule is Cc1nn(C)c2ncc(NC(=O)Cn3c(=O)ccn(Cc4ccccc4)c3=O)cc12. The Bertz CT molecular complexity index is 1350. The summed E-state index contributed by atoms with van der Waals surface area (Å²) in [5, 5.41) is 7.81. The zero-order valence-electron chi connectivity index (χ0n) is 16.6. The average molecular weight is 404 g/mol. The summed E-state index contributed by atoms with van der Waals surface area (Å²) in [4.78, 5) is 41.8. The molecule has 0 spiro atoms. The Labute approximate surface area is 171 Å². The molecule has 0 atom stereocenters. The van der Waals surface area contributed by atoms with Gasteiger partial charge in [-0.2, -0.15) is 5.10 Å². The van der Waals surface area contributed by atoms with Gasteiger partial charge in [-0.1, -0.05) is 30.3 Å². The van der Waals surface area contributed by atoms with Crippen LogP contribution in [0.3, 0.4) is 0 Å². The highest BCUT2D eigenvalue weighted by atomic mass is 16.2. The molecule has 30 heavy (non-hydrogen) atoms. The highest BCUT2D eigenvalue weighted by molar-refractivity contribution is 5.92. The van der Waals surface area contributed by atoms with Gasteiger partial charge < -0.3 is 5.32 Å². The first-order valence-corrected chi connectivity index (χ1v) is 9.36. The molecule has 0 aliphatic carbocycles. The quantitative estimate of drug-likeness (QED) is 0.540. The fourth-order valence-electron chi connectivity index (χ4n) is 3.32. The molecule has 0 radical (unpaired) electrons. The Morgan fingerprint density at radius 3 is 2.67 bits per heavy atom. The smallest absolute Gasteiger partial charge is 0.323 e. The third-order valence-electron chi connectivity index (χ3n) is 4.78. The Morgan fingerprint density at radius 1 is 1.13 bits per heavy atom. The molecule has 0 bridgehead atoms. The highest BCUT2D eigenvalue weighted by Gasteiger charge is 2.12. The molecule has 9 nitrogen and oxygen atoms in total. The predicted molar refractivity (Wildman–Crippen MR) is 112 cm³/mol. The highest BCUT2D eigenvalue weighted by Crippen LogP contribution is 2.19. The zero-order chi connectivity index (χ0) is 21.3. The van der Waals surface area contributed by atoms with Gasteiger partial charge in [0.2, 0.25) is 5.91 Å². The minimum Gasteiger partial charge on any atom is -0.323 e. The lowest BCUT2D eigenvalue weighted by atomic mass is 10.2. The Morgan fingerprint density at radius 2 is 1.90 bits per heavy atom. The number of rotatable bonds is 5. The number of anilines is 1. The zero-order valence-corrected chi connectivity index (χ0v) is 16.6. The molecule has 0 unspecified atom stereocenters. The molecule has 9 heteroatoms. The summed E-state index contributed by atoms with van der Waals surface area (Å²) in [6, 6.07) is 12.5. The normalized spacial score (nSPS) is 11.0. The topological polar surface area (TPSA) is 104 Å². The fraction of sp³-hybridized carbons (Fsp3) is 0.190. The molecule has 0 fully saturated rings. The number of nitrogens with zero attached hydrogens (tertiary/aromatic N) is 5. The van der Waals surface area contributed by atoms with Crippen molar-refractivity contribution in [2.45, 2.75) is 20.0 Å². The number of aryl methyl sites for hydroxylation is 2. The molecule has 4 aromatic rings. The number of amides is 1. The molecule has 3 aromatic heterocycles. The van der Waals surface area contributed by atoms with Crippen molar-refractivity contribution in [3.63, 3.8) is 0 Å². The van der Waals surface area contributed by atoms with Crippen molar-refractivity contribution in [1.82, 2.24) is 23.9 Å². The van der Waals surface area contributed by atoms with Crippen LogP contribution >= 0.6 is 0 Å². The van der Waals surface area contributed by atoms with E-state index in [-0.39, 0.29) is 0 Å². The van der Waals surface area contributed by atoms with Crippen LogP contribution in [0.4, 0.5) is 5.69 Å². The van der Waals surface area contributed by atoms with Crippen LogP contribution in [0.25, 0.3) is 11.0 Å². The summed E-state index contributed by atoms with van der Waals surface area (Å²) < 4.78 is 3.98.